The van der Waals surface area contributed by atoms with Gasteiger partial charge in [-0.2, -0.15) is 0 Å². The van der Waals surface area contributed by atoms with E-state index in [0.29, 0.717) is 12.2 Å². The van der Waals surface area contributed by atoms with Crippen LogP contribution in [0.15, 0.2) is 18.3 Å². The van der Waals surface area contributed by atoms with Crippen molar-refractivity contribution < 1.29 is 9.90 Å². The number of hydrogen-bond donors (Lipinski definition) is 3. The summed E-state index contributed by atoms with van der Waals surface area (Å²) in [5.41, 5.74) is 6.55. The van der Waals surface area contributed by atoms with E-state index in [-0.39, 0.29) is 23.9 Å². The third-order valence-corrected chi connectivity index (χ3v) is 3.76. The molecule has 1 aromatic rings. The van der Waals surface area contributed by atoms with Gasteiger partial charge in [0.2, 0.25) is 0 Å². The Balaban J connectivity index is 1.85. The molecule has 2 heterocycles. The highest BCUT2D eigenvalue weighted by molar-refractivity contribution is 5.93. The number of H-pyrrole nitrogens is 1. The summed E-state index contributed by atoms with van der Waals surface area (Å²) in [6, 6.07) is 3.25. The molecule has 5 heteroatoms. The summed E-state index contributed by atoms with van der Waals surface area (Å²) in [6.45, 7) is 0.667. The van der Waals surface area contributed by atoms with Gasteiger partial charge >= 0.3 is 0 Å². The van der Waals surface area contributed by atoms with Crippen molar-refractivity contribution in [2.75, 3.05) is 6.54 Å². The maximum absolute atomic E-state index is 12.1. The molecule has 1 aliphatic carbocycles. The average Bonchev–Trinajstić information content (AvgIpc) is 2.93. The van der Waals surface area contributed by atoms with Gasteiger partial charge in [0.05, 0.1) is 12.1 Å². The van der Waals surface area contributed by atoms with Crippen molar-refractivity contribution >= 4 is 5.91 Å². The molecule has 1 aromatic heterocycles. The van der Waals surface area contributed by atoms with Gasteiger partial charge in [-0.1, -0.05) is 0 Å². The molecule has 86 valence electrons. The van der Waals surface area contributed by atoms with Crippen LogP contribution >= 0.6 is 0 Å². The van der Waals surface area contributed by atoms with Crippen LogP contribution in [-0.4, -0.2) is 45.6 Å². The lowest BCUT2D eigenvalue weighted by molar-refractivity contribution is 0.0390. The first-order valence-corrected chi connectivity index (χ1v) is 5.56. The van der Waals surface area contributed by atoms with Crippen LogP contribution in [-0.2, 0) is 0 Å². The van der Waals surface area contributed by atoms with Gasteiger partial charge < -0.3 is 20.7 Å². The number of amides is 1. The summed E-state index contributed by atoms with van der Waals surface area (Å²) in [7, 11) is 0. The fourth-order valence-corrected chi connectivity index (χ4v) is 2.96. The maximum atomic E-state index is 12.1. The van der Waals surface area contributed by atoms with Crippen molar-refractivity contribution in [1.82, 2.24) is 9.88 Å². The number of nitrogens with one attached hydrogen (secondary N) is 1. The molecule has 1 aliphatic heterocycles. The summed E-state index contributed by atoms with van der Waals surface area (Å²) in [5.74, 6) is 0.186. The quantitative estimate of drug-likeness (QED) is 0.600. The van der Waals surface area contributed by atoms with E-state index in [1.165, 1.54) is 0 Å². The summed E-state index contributed by atoms with van der Waals surface area (Å²) in [5, 5.41) is 9.82. The SMILES string of the molecule is N[C@@H]1[C@@H]2C[C@H](O)[C@H]1N(C(=O)c1ccc[nH]1)C2. The maximum Gasteiger partial charge on any atom is 0.270 e. The molecule has 1 saturated carbocycles. The fourth-order valence-electron chi connectivity index (χ4n) is 2.96. The number of piperidine rings is 1. The summed E-state index contributed by atoms with van der Waals surface area (Å²) in [6.07, 6.45) is 1.98. The number of nitrogens with two attached hydrogens (primary N) is 1. The number of carbonyl (C=O) groups excluding carboxylic acids is 1. The van der Waals surface area contributed by atoms with Crippen molar-refractivity contribution in [1.29, 1.82) is 0 Å². The number of fused-ring (bicyclic) bond motifs is 2. The number of rotatable bonds is 1. The van der Waals surface area contributed by atoms with Gasteiger partial charge in [0, 0.05) is 18.8 Å². The van der Waals surface area contributed by atoms with E-state index in [9.17, 15) is 9.90 Å². The minimum Gasteiger partial charge on any atom is -0.391 e. The minimum absolute atomic E-state index is 0.0632. The molecule has 2 fully saturated rings. The molecule has 4 N–H and O–H groups in total. The number of hydrogen-bond acceptors (Lipinski definition) is 3. The summed E-state index contributed by atoms with van der Waals surface area (Å²) >= 11 is 0. The number of likely N-dealkylation sites (tertiary alicyclic amines) is 1. The third kappa shape index (κ3) is 1.22. The molecular formula is C11H15N3O2. The molecule has 4 atom stereocenters. The van der Waals surface area contributed by atoms with Crippen LogP contribution in [0.25, 0.3) is 0 Å². The van der Waals surface area contributed by atoms with Crippen molar-refractivity contribution in [3.63, 3.8) is 0 Å². The highest BCUT2D eigenvalue weighted by atomic mass is 16.3. The average molecular weight is 221 g/mol. The molecule has 2 aliphatic rings. The monoisotopic (exact) mass is 221 g/mol. The lowest BCUT2D eigenvalue weighted by Gasteiger charge is -2.30. The second-order valence-electron chi connectivity index (χ2n) is 4.67. The van der Waals surface area contributed by atoms with Crippen molar-refractivity contribution in [2.24, 2.45) is 11.7 Å². The van der Waals surface area contributed by atoms with Crippen LogP contribution in [0, 0.1) is 5.92 Å². The number of nitrogens with zero attached hydrogens (tertiary/aromatic N) is 1. The first-order valence-electron chi connectivity index (χ1n) is 5.56. The van der Waals surface area contributed by atoms with Gasteiger partial charge in [-0.05, 0) is 24.5 Å². The molecule has 0 spiro atoms. The van der Waals surface area contributed by atoms with Crippen LogP contribution in [0.2, 0.25) is 0 Å². The van der Waals surface area contributed by atoms with Crippen LogP contribution < -0.4 is 5.73 Å². The lowest BCUT2D eigenvalue weighted by Crippen LogP contribution is -2.48. The van der Waals surface area contributed by atoms with Crippen LogP contribution in [0.5, 0.6) is 0 Å². The molecular weight excluding hydrogens is 206 g/mol. The van der Waals surface area contributed by atoms with Crippen LogP contribution in [0.1, 0.15) is 16.9 Å². The highest BCUT2D eigenvalue weighted by Crippen LogP contribution is 2.37. The summed E-state index contributed by atoms with van der Waals surface area (Å²) < 4.78 is 0. The molecule has 0 unspecified atom stereocenters. The van der Waals surface area contributed by atoms with E-state index in [4.69, 9.17) is 5.73 Å². The zero-order chi connectivity index (χ0) is 11.3. The van der Waals surface area contributed by atoms with Crippen molar-refractivity contribution in [2.45, 2.75) is 24.6 Å². The van der Waals surface area contributed by atoms with E-state index in [0.717, 1.165) is 6.42 Å². The van der Waals surface area contributed by atoms with Gasteiger partial charge in [0.15, 0.2) is 0 Å². The largest absolute Gasteiger partial charge is 0.391 e. The van der Waals surface area contributed by atoms with Crippen molar-refractivity contribution in [3.8, 4) is 0 Å². The van der Waals surface area contributed by atoms with Gasteiger partial charge in [0.1, 0.15) is 5.69 Å². The molecule has 5 nitrogen and oxygen atoms in total. The van der Waals surface area contributed by atoms with E-state index >= 15 is 0 Å². The second kappa shape index (κ2) is 3.33. The molecule has 2 bridgehead atoms. The molecule has 16 heavy (non-hydrogen) atoms. The van der Waals surface area contributed by atoms with Gasteiger partial charge in [-0.15, -0.1) is 0 Å². The van der Waals surface area contributed by atoms with Gasteiger partial charge in [0.25, 0.3) is 5.91 Å². The van der Waals surface area contributed by atoms with Crippen LogP contribution in [0.4, 0.5) is 0 Å². The minimum atomic E-state index is -0.465. The number of aliphatic hydroxyl groups excluding tert-OH is 1. The first-order chi connectivity index (χ1) is 7.68. The molecule has 0 radical (unpaired) electrons. The lowest BCUT2D eigenvalue weighted by atomic mass is 10.1. The van der Waals surface area contributed by atoms with E-state index < -0.39 is 6.10 Å². The van der Waals surface area contributed by atoms with E-state index in [2.05, 4.69) is 4.98 Å². The number of aromatic nitrogens is 1. The standard InChI is InChI=1S/C11H15N3O2/c12-9-6-4-8(15)10(9)14(5-6)11(16)7-2-1-3-13-7/h1-3,6,8-10,13,15H,4-5,12H2/t6-,8+,9-,10-/m1/s1. The molecule has 1 amide bonds. The second-order valence-corrected chi connectivity index (χ2v) is 4.67. The van der Waals surface area contributed by atoms with Crippen molar-refractivity contribution in [3.05, 3.63) is 24.0 Å². The normalized spacial score (nSPS) is 37.0. The smallest absolute Gasteiger partial charge is 0.270 e. The Kier molecular flexibility index (Phi) is 2.05. The molecule has 1 saturated heterocycles. The Labute approximate surface area is 93.2 Å². The van der Waals surface area contributed by atoms with Gasteiger partial charge in [-0.25, -0.2) is 0 Å². The predicted octanol–water partition coefficient (Wildman–Crippen LogP) is -0.453. The zero-order valence-electron chi connectivity index (χ0n) is 8.84. The first kappa shape index (κ1) is 9.86. The number of aliphatic hydroxyl groups is 1. The Morgan fingerprint density at radius 2 is 2.44 bits per heavy atom. The van der Waals surface area contributed by atoms with Gasteiger partial charge in [-0.3, -0.25) is 4.79 Å². The summed E-state index contributed by atoms with van der Waals surface area (Å²) in [4.78, 5) is 16.7. The molecule has 3 rings (SSSR count). The topological polar surface area (TPSA) is 82.3 Å². The zero-order valence-corrected chi connectivity index (χ0v) is 8.84. The van der Waals surface area contributed by atoms with E-state index in [1.807, 2.05) is 0 Å². The molecule has 0 aromatic carbocycles. The Morgan fingerprint density at radius 3 is 3.00 bits per heavy atom. The number of aromatic amines is 1. The number of carbonyl (C=O) groups is 1. The Bertz CT molecular complexity index is 403. The Morgan fingerprint density at radius 1 is 1.62 bits per heavy atom. The Hall–Kier alpha value is -1.33. The fraction of sp³-hybridized carbons (Fsp3) is 0.545. The predicted molar refractivity (Wildman–Crippen MR) is 57.7 cm³/mol. The van der Waals surface area contributed by atoms with Crippen LogP contribution in [0.3, 0.4) is 0 Å². The van der Waals surface area contributed by atoms with E-state index in [1.54, 1.807) is 23.2 Å². The highest BCUT2D eigenvalue weighted by Gasteiger charge is 2.52. The third-order valence-electron chi connectivity index (χ3n) is 3.76.